The van der Waals surface area contributed by atoms with Crippen LogP contribution in [0.3, 0.4) is 0 Å². The third-order valence-corrected chi connectivity index (χ3v) is 9.13. The van der Waals surface area contributed by atoms with Gasteiger partial charge in [0.05, 0.1) is 13.2 Å². The van der Waals surface area contributed by atoms with E-state index in [1.54, 1.807) is 12.1 Å². The molecule has 0 N–H and O–H groups in total. The molecule has 4 rings (SSSR count). The summed E-state index contributed by atoms with van der Waals surface area (Å²) in [6.45, 7) is 5.14. The molecule has 42 heavy (non-hydrogen) atoms. The van der Waals surface area contributed by atoms with E-state index in [4.69, 9.17) is 14.2 Å². The molecule has 1 saturated heterocycles. The summed E-state index contributed by atoms with van der Waals surface area (Å²) < 4.78 is 17.1. The minimum atomic E-state index is -0.400. The standard InChI is InChI=1S/C36H54N2O4/c1-3-5-7-8-9-10-11-13-14-28-16-18-29(19-17-28)31-24-37-35(38-25-31)30-20-22-33(23-21-30)42-36(39)32-26-40-34(41-27-32)15-12-6-4-2/h20-25,28-29,32,34H,3-19,26-27H2,1-2H3. The van der Waals surface area contributed by atoms with E-state index in [1.165, 1.54) is 95.5 Å². The van der Waals surface area contributed by atoms with Crippen molar-refractivity contribution in [3.05, 3.63) is 42.2 Å². The molecule has 0 atom stereocenters. The van der Waals surface area contributed by atoms with Gasteiger partial charge in [-0.25, -0.2) is 9.97 Å². The molecular formula is C36H54N2O4. The molecule has 2 heterocycles. The number of hydrogen-bond acceptors (Lipinski definition) is 6. The van der Waals surface area contributed by atoms with E-state index in [9.17, 15) is 4.79 Å². The minimum Gasteiger partial charge on any atom is -0.426 e. The Hall–Kier alpha value is -2.31. The number of unbranched alkanes of at least 4 members (excludes halogenated alkanes) is 9. The lowest BCUT2D eigenvalue weighted by Crippen LogP contribution is -2.38. The highest BCUT2D eigenvalue weighted by Crippen LogP contribution is 2.37. The van der Waals surface area contributed by atoms with Gasteiger partial charge in [0.15, 0.2) is 12.1 Å². The van der Waals surface area contributed by atoms with Gasteiger partial charge in [-0.1, -0.05) is 84.5 Å². The molecule has 2 aromatic rings. The van der Waals surface area contributed by atoms with Gasteiger partial charge in [-0.2, -0.15) is 0 Å². The highest BCUT2D eigenvalue weighted by Gasteiger charge is 2.29. The molecule has 0 amide bonds. The average molecular weight is 579 g/mol. The maximum absolute atomic E-state index is 12.6. The SMILES string of the molecule is CCCCCCCCCCC1CCC(c2cnc(-c3ccc(OC(=O)C4COC(CCCCC)OC4)cc3)nc2)CC1. The van der Waals surface area contributed by atoms with Crippen molar-refractivity contribution in [1.29, 1.82) is 0 Å². The third-order valence-electron chi connectivity index (χ3n) is 9.13. The number of ether oxygens (including phenoxy) is 3. The number of carbonyl (C=O) groups excluding carboxylic acids is 1. The Labute approximate surface area is 254 Å². The van der Waals surface area contributed by atoms with E-state index in [0.29, 0.717) is 30.7 Å². The fraction of sp³-hybridized carbons (Fsp3) is 0.694. The molecule has 1 aromatic heterocycles. The van der Waals surface area contributed by atoms with E-state index in [-0.39, 0.29) is 12.3 Å². The molecule has 0 bridgehead atoms. The summed E-state index contributed by atoms with van der Waals surface area (Å²) in [7, 11) is 0. The largest absolute Gasteiger partial charge is 0.426 e. The molecule has 1 aromatic carbocycles. The second-order valence-electron chi connectivity index (χ2n) is 12.6. The van der Waals surface area contributed by atoms with Crippen molar-refractivity contribution < 1.29 is 19.0 Å². The molecule has 2 fully saturated rings. The Morgan fingerprint density at radius 2 is 1.33 bits per heavy atom. The second kappa shape index (κ2) is 18.4. The normalized spacial score (nSPS) is 22.6. The fourth-order valence-corrected chi connectivity index (χ4v) is 6.33. The highest BCUT2D eigenvalue weighted by molar-refractivity contribution is 5.75. The van der Waals surface area contributed by atoms with E-state index in [1.807, 2.05) is 24.5 Å². The van der Waals surface area contributed by atoms with E-state index >= 15 is 0 Å². The lowest BCUT2D eigenvalue weighted by Gasteiger charge is -2.28. The zero-order chi connectivity index (χ0) is 29.4. The topological polar surface area (TPSA) is 70.5 Å². The van der Waals surface area contributed by atoms with Gasteiger partial charge in [0, 0.05) is 18.0 Å². The van der Waals surface area contributed by atoms with Gasteiger partial charge in [0.2, 0.25) is 0 Å². The molecule has 2 aliphatic rings. The van der Waals surface area contributed by atoms with Gasteiger partial charge >= 0.3 is 5.97 Å². The van der Waals surface area contributed by atoms with Crippen molar-refractivity contribution in [2.45, 2.75) is 135 Å². The first-order valence-electron chi connectivity index (χ1n) is 17.0. The maximum atomic E-state index is 12.6. The van der Waals surface area contributed by atoms with Crippen molar-refractivity contribution in [2.75, 3.05) is 13.2 Å². The molecule has 6 heteroatoms. The third kappa shape index (κ3) is 10.8. The fourth-order valence-electron chi connectivity index (χ4n) is 6.33. The number of aromatic nitrogens is 2. The molecule has 0 spiro atoms. The zero-order valence-electron chi connectivity index (χ0n) is 26.2. The molecular weight excluding hydrogens is 524 g/mol. The summed E-state index contributed by atoms with van der Waals surface area (Å²) in [5.74, 6) is 1.97. The number of hydrogen-bond donors (Lipinski definition) is 0. The van der Waals surface area contributed by atoms with Crippen molar-refractivity contribution in [3.63, 3.8) is 0 Å². The van der Waals surface area contributed by atoms with Crippen LogP contribution in [-0.4, -0.2) is 35.4 Å². The molecule has 1 saturated carbocycles. The quantitative estimate of drug-likeness (QED) is 0.106. The molecule has 232 valence electrons. The first-order chi connectivity index (χ1) is 20.7. The molecule has 0 radical (unpaired) electrons. The summed E-state index contributed by atoms with van der Waals surface area (Å²) in [5, 5.41) is 0. The number of benzene rings is 1. The lowest BCUT2D eigenvalue weighted by molar-refractivity contribution is -0.208. The zero-order valence-corrected chi connectivity index (χ0v) is 26.2. The molecule has 1 aliphatic heterocycles. The molecule has 0 unspecified atom stereocenters. The van der Waals surface area contributed by atoms with Crippen LogP contribution in [0, 0.1) is 11.8 Å². The monoisotopic (exact) mass is 578 g/mol. The predicted molar refractivity (Wildman–Crippen MR) is 168 cm³/mol. The van der Waals surface area contributed by atoms with Crippen molar-refractivity contribution >= 4 is 5.97 Å². The predicted octanol–water partition coefficient (Wildman–Crippen LogP) is 9.42. The first-order valence-corrected chi connectivity index (χ1v) is 17.0. The Morgan fingerprint density at radius 1 is 0.762 bits per heavy atom. The van der Waals surface area contributed by atoms with Gasteiger partial charge in [0.25, 0.3) is 0 Å². The Morgan fingerprint density at radius 3 is 1.98 bits per heavy atom. The smallest absolute Gasteiger partial charge is 0.319 e. The summed E-state index contributed by atoms with van der Waals surface area (Å²) in [6, 6.07) is 7.42. The number of rotatable bonds is 17. The lowest BCUT2D eigenvalue weighted by atomic mass is 9.77. The summed E-state index contributed by atoms with van der Waals surface area (Å²) in [6.07, 6.45) is 25.9. The van der Waals surface area contributed by atoms with Crippen LogP contribution in [0.15, 0.2) is 36.7 Å². The Kier molecular flexibility index (Phi) is 14.3. The average Bonchev–Trinajstić information content (AvgIpc) is 3.03. The maximum Gasteiger partial charge on any atom is 0.319 e. The number of esters is 1. The van der Waals surface area contributed by atoms with Gasteiger partial charge in [-0.05, 0) is 80.2 Å². The van der Waals surface area contributed by atoms with E-state index in [0.717, 1.165) is 30.7 Å². The van der Waals surface area contributed by atoms with Crippen LogP contribution in [0.4, 0.5) is 0 Å². The highest BCUT2D eigenvalue weighted by atomic mass is 16.7. The number of nitrogens with zero attached hydrogens (tertiary/aromatic N) is 2. The van der Waals surface area contributed by atoms with Crippen LogP contribution < -0.4 is 4.74 Å². The van der Waals surface area contributed by atoms with Crippen LogP contribution in [-0.2, 0) is 14.3 Å². The van der Waals surface area contributed by atoms with Crippen LogP contribution in [0.2, 0.25) is 0 Å². The van der Waals surface area contributed by atoms with E-state index < -0.39 is 5.92 Å². The summed E-state index contributed by atoms with van der Waals surface area (Å²) in [4.78, 5) is 22.0. The minimum absolute atomic E-state index is 0.203. The van der Waals surface area contributed by atoms with Gasteiger partial charge < -0.3 is 14.2 Å². The summed E-state index contributed by atoms with van der Waals surface area (Å²) >= 11 is 0. The number of carbonyl (C=O) groups is 1. The Balaban J connectivity index is 1.14. The van der Waals surface area contributed by atoms with Gasteiger partial charge in [-0.15, -0.1) is 0 Å². The van der Waals surface area contributed by atoms with Crippen LogP contribution >= 0.6 is 0 Å². The first kappa shape index (κ1) is 32.6. The van der Waals surface area contributed by atoms with Crippen LogP contribution in [0.25, 0.3) is 11.4 Å². The molecule has 6 nitrogen and oxygen atoms in total. The van der Waals surface area contributed by atoms with Crippen molar-refractivity contribution in [3.8, 4) is 17.1 Å². The van der Waals surface area contributed by atoms with E-state index in [2.05, 4.69) is 23.8 Å². The second-order valence-corrected chi connectivity index (χ2v) is 12.6. The van der Waals surface area contributed by atoms with Crippen LogP contribution in [0.5, 0.6) is 5.75 Å². The van der Waals surface area contributed by atoms with Crippen LogP contribution in [0.1, 0.15) is 134 Å². The molecule has 1 aliphatic carbocycles. The Bertz CT molecular complexity index is 1010. The summed E-state index contributed by atoms with van der Waals surface area (Å²) in [5.41, 5.74) is 2.18. The van der Waals surface area contributed by atoms with Crippen molar-refractivity contribution in [2.24, 2.45) is 11.8 Å². The van der Waals surface area contributed by atoms with Crippen molar-refractivity contribution in [1.82, 2.24) is 9.97 Å². The van der Waals surface area contributed by atoms with Gasteiger partial charge in [0.1, 0.15) is 11.7 Å². The van der Waals surface area contributed by atoms with Gasteiger partial charge in [-0.3, -0.25) is 4.79 Å².